The smallest absolute Gasteiger partial charge is 0.125 e. The van der Waals surface area contributed by atoms with E-state index in [1.165, 1.54) is 0 Å². The van der Waals surface area contributed by atoms with Crippen molar-refractivity contribution in [2.75, 3.05) is 0 Å². The van der Waals surface area contributed by atoms with Gasteiger partial charge in [-0.25, -0.2) is 4.68 Å². The number of hydrogen-bond acceptors (Lipinski definition) is 3. The highest BCUT2D eigenvalue weighted by Crippen LogP contribution is 2.10. The fourth-order valence-electron chi connectivity index (χ4n) is 1.21. The first-order valence-electron chi connectivity index (χ1n) is 4.07. The summed E-state index contributed by atoms with van der Waals surface area (Å²) in [6.07, 6.45) is 6.67. The molecule has 0 aliphatic rings. The van der Waals surface area contributed by atoms with Gasteiger partial charge in [-0.3, -0.25) is 10.4 Å². The van der Waals surface area contributed by atoms with Gasteiger partial charge >= 0.3 is 0 Å². The molecule has 0 unspecified atom stereocenters. The third kappa shape index (κ3) is 1.35. The van der Waals surface area contributed by atoms with Gasteiger partial charge in [-0.15, -0.1) is 0 Å². The second-order valence-electron chi connectivity index (χ2n) is 2.76. The number of nitrogens with one attached hydrogen (secondary N) is 1. The fraction of sp³-hybridized carbons (Fsp3) is 0. The van der Waals surface area contributed by atoms with Gasteiger partial charge < -0.3 is 5.73 Å². The lowest BCUT2D eigenvalue weighted by Gasteiger charge is -2.06. The zero-order valence-electron chi connectivity index (χ0n) is 7.38. The number of hydrogen-bond donors (Lipinski definition) is 2. The largest absolute Gasteiger partial charge is 0.384 e. The van der Waals surface area contributed by atoms with Crippen LogP contribution in [0.5, 0.6) is 0 Å². The maximum atomic E-state index is 7.39. The van der Waals surface area contributed by atoms with Crippen molar-refractivity contribution in [3.8, 4) is 5.69 Å². The van der Waals surface area contributed by atoms with Crippen LogP contribution in [0.1, 0.15) is 5.56 Å². The van der Waals surface area contributed by atoms with Crippen molar-refractivity contribution in [2.24, 2.45) is 5.73 Å². The Bertz CT molecular complexity index is 446. The molecule has 0 atom stereocenters. The second-order valence-corrected chi connectivity index (χ2v) is 2.76. The summed E-state index contributed by atoms with van der Waals surface area (Å²) in [4.78, 5) is 3.97. The van der Waals surface area contributed by atoms with Crippen molar-refractivity contribution < 1.29 is 0 Å². The Balaban J connectivity index is 2.58. The van der Waals surface area contributed by atoms with Gasteiger partial charge in [0.2, 0.25) is 0 Å². The molecule has 0 fully saturated rings. The molecule has 2 aromatic rings. The van der Waals surface area contributed by atoms with E-state index in [9.17, 15) is 0 Å². The standard InChI is InChI=1S/C9H9N5/c10-9(11)7-2-4-12-6-8(7)14-5-1-3-13-14/h1-6H,(H3,10,11). The molecule has 0 saturated heterocycles. The van der Waals surface area contributed by atoms with Crippen LogP contribution in [-0.2, 0) is 0 Å². The Morgan fingerprint density at radius 3 is 2.93 bits per heavy atom. The van der Waals surface area contributed by atoms with Crippen molar-refractivity contribution in [1.82, 2.24) is 14.8 Å². The van der Waals surface area contributed by atoms with E-state index in [4.69, 9.17) is 11.1 Å². The first-order chi connectivity index (χ1) is 6.79. The van der Waals surface area contributed by atoms with Crippen LogP contribution in [0.25, 0.3) is 5.69 Å². The maximum absolute atomic E-state index is 7.39. The van der Waals surface area contributed by atoms with Crippen LogP contribution in [-0.4, -0.2) is 20.6 Å². The normalized spacial score (nSPS) is 10.0. The second kappa shape index (κ2) is 3.29. The van der Waals surface area contributed by atoms with E-state index in [1.807, 2.05) is 0 Å². The van der Waals surface area contributed by atoms with Crippen molar-refractivity contribution in [3.63, 3.8) is 0 Å². The number of nitrogens with zero attached hydrogens (tertiary/aromatic N) is 3. The molecule has 14 heavy (non-hydrogen) atoms. The van der Waals surface area contributed by atoms with E-state index in [1.54, 1.807) is 41.6 Å². The van der Waals surface area contributed by atoms with Gasteiger partial charge in [0, 0.05) is 24.2 Å². The molecule has 0 aliphatic heterocycles. The Kier molecular flexibility index (Phi) is 1.98. The van der Waals surface area contributed by atoms with Crippen LogP contribution < -0.4 is 5.73 Å². The number of aromatic nitrogens is 3. The third-order valence-corrected chi connectivity index (χ3v) is 1.84. The van der Waals surface area contributed by atoms with Crippen molar-refractivity contribution in [1.29, 1.82) is 5.41 Å². The molecule has 0 radical (unpaired) electrons. The molecule has 2 rings (SSSR count). The summed E-state index contributed by atoms with van der Waals surface area (Å²) in [6.45, 7) is 0. The highest BCUT2D eigenvalue weighted by atomic mass is 15.3. The molecule has 2 aromatic heterocycles. The molecule has 5 heteroatoms. The average molecular weight is 187 g/mol. The third-order valence-electron chi connectivity index (χ3n) is 1.84. The number of nitrogen functional groups attached to an aromatic ring is 1. The Morgan fingerprint density at radius 1 is 1.43 bits per heavy atom. The number of pyridine rings is 1. The summed E-state index contributed by atoms with van der Waals surface area (Å²) in [5.41, 5.74) is 6.78. The van der Waals surface area contributed by atoms with Gasteiger partial charge in [0.15, 0.2) is 0 Å². The minimum Gasteiger partial charge on any atom is -0.384 e. The van der Waals surface area contributed by atoms with Crippen LogP contribution in [0.4, 0.5) is 0 Å². The predicted molar refractivity (Wildman–Crippen MR) is 52.4 cm³/mol. The number of rotatable bonds is 2. The minimum absolute atomic E-state index is 0.0119. The Morgan fingerprint density at radius 2 is 2.29 bits per heavy atom. The molecule has 0 aliphatic carbocycles. The van der Waals surface area contributed by atoms with Crippen LogP contribution in [0.15, 0.2) is 36.9 Å². The van der Waals surface area contributed by atoms with E-state index in [-0.39, 0.29) is 5.84 Å². The molecule has 5 nitrogen and oxygen atoms in total. The van der Waals surface area contributed by atoms with Gasteiger partial charge in [0.1, 0.15) is 5.84 Å². The molecule has 2 heterocycles. The van der Waals surface area contributed by atoms with Crippen LogP contribution >= 0.6 is 0 Å². The highest BCUT2D eigenvalue weighted by Gasteiger charge is 2.06. The van der Waals surface area contributed by atoms with Gasteiger partial charge in [0.25, 0.3) is 0 Å². The topological polar surface area (TPSA) is 80.6 Å². The summed E-state index contributed by atoms with van der Waals surface area (Å²) in [7, 11) is 0. The molecule has 0 amide bonds. The summed E-state index contributed by atoms with van der Waals surface area (Å²) in [5.74, 6) is 0.0119. The van der Waals surface area contributed by atoms with E-state index < -0.39 is 0 Å². The summed E-state index contributed by atoms with van der Waals surface area (Å²) in [6, 6.07) is 3.50. The van der Waals surface area contributed by atoms with Gasteiger partial charge in [-0.05, 0) is 12.1 Å². The number of nitrogens with two attached hydrogens (primary N) is 1. The first kappa shape index (κ1) is 8.43. The molecule has 3 N–H and O–H groups in total. The highest BCUT2D eigenvalue weighted by molar-refractivity contribution is 5.98. The molecule has 0 saturated carbocycles. The molecular formula is C9H9N5. The summed E-state index contributed by atoms with van der Waals surface area (Å²) < 4.78 is 1.63. The molecule has 0 aromatic carbocycles. The van der Waals surface area contributed by atoms with E-state index in [0.29, 0.717) is 11.3 Å². The van der Waals surface area contributed by atoms with Gasteiger partial charge in [-0.1, -0.05) is 0 Å². The van der Waals surface area contributed by atoms with Crippen LogP contribution in [0.3, 0.4) is 0 Å². The van der Waals surface area contributed by atoms with E-state index in [0.717, 1.165) is 0 Å². The first-order valence-corrected chi connectivity index (χ1v) is 4.07. The quantitative estimate of drug-likeness (QED) is 0.532. The molecule has 0 spiro atoms. The van der Waals surface area contributed by atoms with Crippen LogP contribution in [0.2, 0.25) is 0 Å². The van der Waals surface area contributed by atoms with Gasteiger partial charge in [0.05, 0.1) is 11.9 Å². The zero-order valence-corrected chi connectivity index (χ0v) is 7.38. The van der Waals surface area contributed by atoms with Crippen molar-refractivity contribution >= 4 is 5.84 Å². The maximum Gasteiger partial charge on any atom is 0.125 e. The lowest BCUT2D eigenvalue weighted by Crippen LogP contribution is -2.15. The van der Waals surface area contributed by atoms with E-state index >= 15 is 0 Å². The Labute approximate surface area is 80.7 Å². The predicted octanol–water partition coefficient (Wildman–Crippen LogP) is 0.551. The fourth-order valence-corrected chi connectivity index (χ4v) is 1.21. The van der Waals surface area contributed by atoms with Crippen molar-refractivity contribution in [3.05, 3.63) is 42.5 Å². The molecular weight excluding hydrogens is 178 g/mol. The zero-order chi connectivity index (χ0) is 9.97. The molecule has 0 bridgehead atoms. The summed E-state index contributed by atoms with van der Waals surface area (Å²) in [5, 5.41) is 11.4. The average Bonchev–Trinajstić information content (AvgIpc) is 2.70. The minimum atomic E-state index is 0.0119. The SMILES string of the molecule is N=C(N)c1ccncc1-n1cccn1. The molecule has 70 valence electrons. The Hall–Kier alpha value is -2.17. The lowest BCUT2D eigenvalue weighted by atomic mass is 10.2. The van der Waals surface area contributed by atoms with Crippen LogP contribution in [0, 0.1) is 5.41 Å². The van der Waals surface area contributed by atoms with E-state index in [2.05, 4.69) is 10.1 Å². The lowest BCUT2D eigenvalue weighted by molar-refractivity contribution is 0.871. The monoisotopic (exact) mass is 187 g/mol. The number of amidine groups is 1. The summed E-state index contributed by atoms with van der Waals surface area (Å²) >= 11 is 0. The van der Waals surface area contributed by atoms with Crippen molar-refractivity contribution in [2.45, 2.75) is 0 Å². The van der Waals surface area contributed by atoms with Gasteiger partial charge in [-0.2, -0.15) is 5.10 Å².